The van der Waals surface area contributed by atoms with Crippen molar-refractivity contribution in [1.29, 1.82) is 0 Å². The number of hydroxylamine groups is 2. The van der Waals surface area contributed by atoms with Crippen LogP contribution in [0.4, 0.5) is 0 Å². The fourth-order valence-electron chi connectivity index (χ4n) is 0.655. The second kappa shape index (κ2) is 8.18. The molecule has 0 aliphatic carbocycles. The van der Waals surface area contributed by atoms with Gasteiger partial charge in [-0.2, -0.15) is 0 Å². The molecular formula is C10H19NO. The van der Waals surface area contributed by atoms with E-state index in [0.717, 1.165) is 19.4 Å². The van der Waals surface area contributed by atoms with Crippen LogP contribution in [0.5, 0.6) is 0 Å². The van der Waals surface area contributed by atoms with Crippen LogP contribution in [0.25, 0.3) is 0 Å². The maximum absolute atomic E-state index is 5.30. The van der Waals surface area contributed by atoms with Crippen molar-refractivity contribution in [2.45, 2.75) is 33.6 Å². The summed E-state index contributed by atoms with van der Waals surface area (Å²) in [5.74, 6) is 0. The van der Waals surface area contributed by atoms with Crippen molar-refractivity contribution in [2.75, 3.05) is 6.54 Å². The van der Waals surface area contributed by atoms with Crippen molar-refractivity contribution < 1.29 is 4.84 Å². The number of hydrogen-bond donors (Lipinski definition) is 0. The van der Waals surface area contributed by atoms with E-state index in [1.807, 2.05) is 12.3 Å². The molecule has 0 N–H and O–H groups in total. The van der Waals surface area contributed by atoms with Gasteiger partial charge in [0.15, 0.2) is 0 Å². The first kappa shape index (κ1) is 11.1. The predicted octanol–water partition coefficient (Wildman–Crippen LogP) is 3.09. The van der Waals surface area contributed by atoms with Crippen LogP contribution in [-0.2, 0) is 4.84 Å². The van der Waals surface area contributed by atoms with Gasteiger partial charge in [-0.15, -0.1) is 0 Å². The zero-order valence-electron chi connectivity index (χ0n) is 8.29. The minimum Gasteiger partial charge on any atom is -0.388 e. The largest absolute Gasteiger partial charge is 0.388 e. The highest BCUT2D eigenvalue weighted by atomic mass is 16.7. The van der Waals surface area contributed by atoms with E-state index >= 15 is 0 Å². The lowest BCUT2D eigenvalue weighted by Gasteiger charge is -2.15. The summed E-state index contributed by atoms with van der Waals surface area (Å²) in [6.07, 6.45) is 9.79. The number of rotatable bonds is 6. The molecule has 0 aromatic heterocycles. The molecule has 0 amide bonds. The Morgan fingerprint density at radius 2 is 1.75 bits per heavy atom. The molecule has 0 aromatic rings. The fraction of sp³-hybridized carbons (Fsp3) is 0.600. The molecule has 0 saturated heterocycles. The third kappa shape index (κ3) is 5.83. The molecule has 2 nitrogen and oxygen atoms in total. The summed E-state index contributed by atoms with van der Waals surface area (Å²) in [6.45, 7) is 7.11. The molecule has 0 spiro atoms. The molecule has 0 radical (unpaired) electrons. The summed E-state index contributed by atoms with van der Waals surface area (Å²) >= 11 is 0. The van der Waals surface area contributed by atoms with Crippen LogP contribution in [0.2, 0.25) is 0 Å². The Bertz CT molecular complexity index is 141. The van der Waals surface area contributed by atoms with Gasteiger partial charge in [0.05, 0.1) is 6.54 Å². The lowest BCUT2D eigenvalue weighted by atomic mass is 10.5. The van der Waals surface area contributed by atoms with Crippen molar-refractivity contribution in [3.05, 3.63) is 24.6 Å². The normalized spacial score (nSPS) is 11.2. The van der Waals surface area contributed by atoms with Crippen molar-refractivity contribution in [1.82, 2.24) is 5.06 Å². The molecular weight excluding hydrogens is 150 g/mol. The van der Waals surface area contributed by atoms with Crippen molar-refractivity contribution in [2.24, 2.45) is 0 Å². The smallest absolute Gasteiger partial charge is 0.115 e. The highest BCUT2D eigenvalue weighted by Gasteiger charge is 1.89. The fourth-order valence-corrected chi connectivity index (χ4v) is 0.655. The first-order valence-corrected chi connectivity index (χ1v) is 4.60. The van der Waals surface area contributed by atoms with Gasteiger partial charge in [0, 0.05) is 6.20 Å². The van der Waals surface area contributed by atoms with Gasteiger partial charge >= 0.3 is 0 Å². The zero-order valence-corrected chi connectivity index (χ0v) is 8.29. The van der Waals surface area contributed by atoms with E-state index in [0.29, 0.717) is 0 Å². The second-order valence-corrected chi connectivity index (χ2v) is 2.41. The van der Waals surface area contributed by atoms with Crippen LogP contribution in [-0.4, -0.2) is 11.6 Å². The minimum atomic E-state index is 0.866. The first-order valence-electron chi connectivity index (χ1n) is 4.60. The van der Waals surface area contributed by atoms with E-state index in [-0.39, 0.29) is 0 Å². The standard InChI is InChI=1S/C10H19NO/c1-4-7-9-11(6-3)12-10-8-5-2/h7-10H,4-6H2,1-3H3. The highest BCUT2D eigenvalue weighted by Crippen LogP contribution is 1.94. The van der Waals surface area contributed by atoms with Crippen molar-refractivity contribution in [3.8, 4) is 0 Å². The first-order chi connectivity index (χ1) is 5.85. The number of allylic oxidation sites excluding steroid dienone is 2. The van der Waals surface area contributed by atoms with Gasteiger partial charge in [-0.1, -0.05) is 19.9 Å². The molecule has 0 fully saturated rings. The summed E-state index contributed by atoms with van der Waals surface area (Å²) in [5, 5.41) is 1.80. The summed E-state index contributed by atoms with van der Waals surface area (Å²) in [7, 11) is 0. The van der Waals surface area contributed by atoms with Gasteiger partial charge in [-0.25, -0.2) is 5.06 Å². The van der Waals surface area contributed by atoms with E-state index in [9.17, 15) is 0 Å². The number of nitrogens with zero attached hydrogens (tertiary/aromatic N) is 1. The average molecular weight is 169 g/mol. The SMILES string of the molecule is CCC=CON(C=CCC)CC. The van der Waals surface area contributed by atoms with Crippen LogP contribution in [0.1, 0.15) is 33.6 Å². The molecule has 0 rings (SSSR count). The molecule has 70 valence electrons. The third-order valence-electron chi connectivity index (χ3n) is 1.35. The van der Waals surface area contributed by atoms with E-state index in [1.54, 1.807) is 11.3 Å². The van der Waals surface area contributed by atoms with E-state index in [2.05, 4.69) is 26.8 Å². The monoisotopic (exact) mass is 169 g/mol. The Balaban J connectivity index is 3.67. The van der Waals surface area contributed by atoms with Crippen LogP contribution in [0.15, 0.2) is 24.6 Å². The summed E-state index contributed by atoms with van der Waals surface area (Å²) in [6, 6.07) is 0. The van der Waals surface area contributed by atoms with E-state index in [4.69, 9.17) is 4.84 Å². The molecule has 0 atom stereocenters. The van der Waals surface area contributed by atoms with Gasteiger partial charge in [0.2, 0.25) is 0 Å². The summed E-state index contributed by atoms with van der Waals surface area (Å²) in [4.78, 5) is 5.30. The molecule has 0 saturated carbocycles. The quantitative estimate of drug-likeness (QED) is 0.447. The average Bonchev–Trinajstić information content (AvgIpc) is 2.11. The molecule has 0 heterocycles. The van der Waals surface area contributed by atoms with Crippen LogP contribution >= 0.6 is 0 Å². The molecule has 0 bridgehead atoms. The lowest BCUT2D eigenvalue weighted by molar-refractivity contribution is -0.0523. The molecule has 0 aliphatic heterocycles. The van der Waals surface area contributed by atoms with Crippen molar-refractivity contribution >= 4 is 0 Å². The zero-order chi connectivity index (χ0) is 9.23. The molecule has 12 heavy (non-hydrogen) atoms. The molecule has 0 aromatic carbocycles. The lowest BCUT2D eigenvalue weighted by Crippen LogP contribution is -2.13. The van der Waals surface area contributed by atoms with Gasteiger partial charge in [0.1, 0.15) is 6.26 Å². The second-order valence-electron chi connectivity index (χ2n) is 2.41. The number of hydrogen-bond acceptors (Lipinski definition) is 2. The van der Waals surface area contributed by atoms with Crippen LogP contribution in [0.3, 0.4) is 0 Å². The highest BCUT2D eigenvalue weighted by molar-refractivity contribution is 4.78. The molecule has 0 unspecified atom stereocenters. The minimum absolute atomic E-state index is 0.866. The van der Waals surface area contributed by atoms with Crippen LogP contribution in [0, 0.1) is 0 Å². The Labute approximate surface area is 75.5 Å². The Kier molecular flexibility index (Phi) is 7.55. The maximum atomic E-state index is 5.30. The Morgan fingerprint density at radius 3 is 2.25 bits per heavy atom. The Hall–Kier alpha value is -0.920. The van der Waals surface area contributed by atoms with Gasteiger partial charge in [0.25, 0.3) is 0 Å². The topological polar surface area (TPSA) is 12.5 Å². The van der Waals surface area contributed by atoms with Gasteiger partial charge in [-0.05, 0) is 25.8 Å². The van der Waals surface area contributed by atoms with Crippen LogP contribution < -0.4 is 0 Å². The van der Waals surface area contributed by atoms with Gasteiger partial charge < -0.3 is 4.84 Å². The third-order valence-corrected chi connectivity index (χ3v) is 1.35. The summed E-state index contributed by atoms with van der Waals surface area (Å²) in [5.41, 5.74) is 0. The summed E-state index contributed by atoms with van der Waals surface area (Å²) < 4.78 is 0. The van der Waals surface area contributed by atoms with Gasteiger partial charge in [-0.3, -0.25) is 0 Å². The van der Waals surface area contributed by atoms with E-state index in [1.165, 1.54) is 0 Å². The van der Waals surface area contributed by atoms with Crippen molar-refractivity contribution in [3.63, 3.8) is 0 Å². The maximum Gasteiger partial charge on any atom is 0.115 e. The predicted molar refractivity (Wildman–Crippen MR) is 52.3 cm³/mol. The molecule has 2 heteroatoms. The Morgan fingerprint density at radius 1 is 1.08 bits per heavy atom. The molecule has 0 aliphatic rings. The van der Waals surface area contributed by atoms with E-state index < -0.39 is 0 Å².